The summed E-state index contributed by atoms with van der Waals surface area (Å²) in [5.74, 6) is 0. The summed E-state index contributed by atoms with van der Waals surface area (Å²) in [4.78, 5) is 11.8. The SMILES string of the molecule is Cc1cc(NCc2cccs2)c([N+](=O)[O-])cc1C. The van der Waals surface area contributed by atoms with Gasteiger partial charge in [-0.15, -0.1) is 11.3 Å². The van der Waals surface area contributed by atoms with Crippen LogP contribution >= 0.6 is 11.3 Å². The van der Waals surface area contributed by atoms with Crippen LogP contribution in [0.25, 0.3) is 0 Å². The number of benzene rings is 1. The highest BCUT2D eigenvalue weighted by molar-refractivity contribution is 7.09. The van der Waals surface area contributed by atoms with E-state index in [1.807, 2.05) is 37.4 Å². The molecule has 1 N–H and O–H groups in total. The number of nitro benzene ring substituents is 1. The standard InChI is InChI=1S/C13H14N2O2S/c1-9-6-12(13(15(16)17)7-10(9)2)14-8-11-4-3-5-18-11/h3-7,14H,8H2,1-2H3. The third kappa shape index (κ3) is 2.68. The van der Waals surface area contributed by atoms with Crippen LogP contribution in [-0.2, 0) is 6.54 Å². The van der Waals surface area contributed by atoms with Crippen molar-refractivity contribution in [1.82, 2.24) is 0 Å². The van der Waals surface area contributed by atoms with Crippen LogP contribution in [0, 0.1) is 24.0 Å². The molecule has 0 fully saturated rings. The predicted molar refractivity (Wildman–Crippen MR) is 74.2 cm³/mol. The van der Waals surface area contributed by atoms with Crippen LogP contribution in [0.2, 0.25) is 0 Å². The second-order valence-electron chi connectivity index (χ2n) is 4.14. The smallest absolute Gasteiger partial charge is 0.292 e. The van der Waals surface area contributed by atoms with Gasteiger partial charge in [0.1, 0.15) is 5.69 Å². The van der Waals surface area contributed by atoms with E-state index in [9.17, 15) is 10.1 Å². The van der Waals surface area contributed by atoms with Gasteiger partial charge in [-0.2, -0.15) is 0 Å². The second-order valence-corrected chi connectivity index (χ2v) is 5.18. The first kappa shape index (κ1) is 12.6. The molecule has 0 saturated heterocycles. The van der Waals surface area contributed by atoms with Crippen LogP contribution in [0.5, 0.6) is 0 Å². The Kier molecular flexibility index (Phi) is 3.62. The van der Waals surface area contributed by atoms with Gasteiger partial charge in [-0.05, 0) is 42.5 Å². The number of anilines is 1. The minimum Gasteiger partial charge on any atom is -0.375 e. The molecule has 0 atom stereocenters. The highest BCUT2D eigenvalue weighted by Crippen LogP contribution is 2.28. The van der Waals surface area contributed by atoms with E-state index in [1.165, 1.54) is 0 Å². The molecular formula is C13H14N2O2S. The maximum Gasteiger partial charge on any atom is 0.292 e. The molecule has 1 aromatic carbocycles. The molecule has 0 amide bonds. The van der Waals surface area contributed by atoms with Gasteiger partial charge in [0.25, 0.3) is 5.69 Å². The van der Waals surface area contributed by atoms with E-state index in [2.05, 4.69) is 5.32 Å². The van der Waals surface area contributed by atoms with E-state index in [0.29, 0.717) is 12.2 Å². The lowest BCUT2D eigenvalue weighted by Crippen LogP contribution is -2.02. The molecule has 0 unspecified atom stereocenters. The molecule has 1 heterocycles. The van der Waals surface area contributed by atoms with Crippen LogP contribution in [-0.4, -0.2) is 4.92 Å². The van der Waals surface area contributed by atoms with E-state index >= 15 is 0 Å². The van der Waals surface area contributed by atoms with Crippen molar-refractivity contribution < 1.29 is 4.92 Å². The zero-order valence-corrected chi connectivity index (χ0v) is 11.1. The Balaban J connectivity index is 2.25. The average molecular weight is 262 g/mol. The number of hydrogen-bond donors (Lipinski definition) is 1. The van der Waals surface area contributed by atoms with Gasteiger partial charge < -0.3 is 5.32 Å². The summed E-state index contributed by atoms with van der Waals surface area (Å²) in [6, 6.07) is 7.42. The van der Waals surface area contributed by atoms with Gasteiger partial charge in [-0.3, -0.25) is 10.1 Å². The lowest BCUT2D eigenvalue weighted by Gasteiger charge is -2.08. The minimum absolute atomic E-state index is 0.134. The molecule has 4 nitrogen and oxygen atoms in total. The summed E-state index contributed by atoms with van der Waals surface area (Å²) in [5.41, 5.74) is 2.70. The first-order valence-electron chi connectivity index (χ1n) is 5.60. The Hall–Kier alpha value is -1.88. The maximum atomic E-state index is 11.0. The van der Waals surface area contributed by atoms with Gasteiger partial charge >= 0.3 is 0 Å². The topological polar surface area (TPSA) is 55.2 Å². The quantitative estimate of drug-likeness (QED) is 0.672. The fourth-order valence-electron chi connectivity index (χ4n) is 1.69. The van der Waals surface area contributed by atoms with E-state index < -0.39 is 0 Å². The Bertz CT molecular complexity index is 565. The Morgan fingerprint density at radius 1 is 1.33 bits per heavy atom. The summed E-state index contributed by atoms with van der Waals surface area (Å²) in [5, 5.41) is 16.1. The zero-order chi connectivity index (χ0) is 13.1. The molecule has 0 spiro atoms. The highest BCUT2D eigenvalue weighted by atomic mass is 32.1. The van der Waals surface area contributed by atoms with E-state index in [-0.39, 0.29) is 10.6 Å². The molecule has 0 aliphatic carbocycles. The normalized spacial score (nSPS) is 10.3. The second kappa shape index (κ2) is 5.18. The van der Waals surface area contributed by atoms with E-state index in [0.717, 1.165) is 16.0 Å². The van der Waals surface area contributed by atoms with Gasteiger partial charge in [-0.25, -0.2) is 0 Å². The van der Waals surface area contributed by atoms with Crippen molar-refractivity contribution in [2.75, 3.05) is 5.32 Å². The third-order valence-corrected chi connectivity index (χ3v) is 3.72. The summed E-state index contributed by atoms with van der Waals surface area (Å²) >= 11 is 1.63. The molecule has 0 radical (unpaired) electrons. The predicted octanol–water partition coefficient (Wildman–Crippen LogP) is 3.89. The fourth-order valence-corrected chi connectivity index (χ4v) is 2.33. The molecular weight excluding hydrogens is 248 g/mol. The lowest BCUT2D eigenvalue weighted by atomic mass is 10.1. The molecule has 18 heavy (non-hydrogen) atoms. The number of nitrogens with one attached hydrogen (secondary N) is 1. The number of aryl methyl sites for hydroxylation is 2. The van der Waals surface area contributed by atoms with Crippen molar-refractivity contribution >= 4 is 22.7 Å². The maximum absolute atomic E-state index is 11.0. The molecule has 2 aromatic rings. The van der Waals surface area contributed by atoms with E-state index in [1.54, 1.807) is 17.4 Å². The lowest BCUT2D eigenvalue weighted by molar-refractivity contribution is -0.384. The Morgan fingerprint density at radius 2 is 2.06 bits per heavy atom. The number of nitro groups is 1. The van der Waals surface area contributed by atoms with Crippen molar-refractivity contribution in [1.29, 1.82) is 0 Å². The fraction of sp³-hybridized carbons (Fsp3) is 0.231. The number of nitrogens with zero attached hydrogens (tertiary/aromatic N) is 1. The highest BCUT2D eigenvalue weighted by Gasteiger charge is 2.15. The largest absolute Gasteiger partial charge is 0.375 e. The Labute approximate surface area is 109 Å². The first-order valence-corrected chi connectivity index (χ1v) is 6.48. The van der Waals surface area contributed by atoms with Gasteiger partial charge in [0, 0.05) is 17.5 Å². The van der Waals surface area contributed by atoms with Crippen molar-refractivity contribution in [3.05, 3.63) is 55.8 Å². The molecule has 0 aliphatic rings. The minimum atomic E-state index is -0.344. The van der Waals surface area contributed by atoms with E-state index in [4.69, 9.17) is 0 Å². The zero-order valence-electron chi connectivity index (χ0n) is 10.3. The van der Waals surface area contributed by atoms with Gasteiger partial charge in [0.05, 0.1) is 4.92 Å². The number of thiophene rings is 1. The molecule has 1 aromatic heterocycles. The van der Waals surface area contributed by atoms with Crippen LogP contribution in [0.15, 0.2) is 29.6 Å². The molecule has 0 aliphatic heterocycles. The van der Waals surface area contributed by atoms with Crippen LogP contribution in [0.1, 0.15) is 16.0 Å². The van der Waals surface area contributed by atoms with Crippen molar-refractivity contribution in [2.24, 2.45) is 0 Å². The third-order valence-electron chi connectivity index (χ3n) is 2.84. The Morgan fingerprint density at radius 3 is 2.67 bits per heavy atom. The monoisotopic (exact) mass is 262 g/mol. The summed E-state index contributed by atoms with van der Waals surface area (Å²) < 4.78 is 0. The summed E-state index contributed by atoms with van der Waals surface area (Å²) in [6.45, 7) is 4.45. The molecule has 0 bridgehead atoms. The number of rotatable bonds is 4. The molecule has 2 rings (SSSR count). The van der Waals surface area contributed by atoms with Gasteiger partial charge in [0.2, 0.25) is 0 Å². The first-order chi connectivity index (χ1) is 8.58. The van der Waals surface area contributed by atoms with Crippen LogP contribution < -0.4 is 5.32 Å². The number of hydrogen-bond acceptors (Lipinski definition) is 4. The van der Waals surface area contributed by atoms with Crippen LogP contribution in [0.4, 0.5) is 11.4 Å². The molecule has 94 valence electrons. The average Bonchev–Trinajstić information content (AvgIpc) is 2.83. The van der Waals surface area contributed by atoms with Crippen LogP contribution in [0.3, 0.4) is 0 Å². The van der Waals surface area contributed by atoms with Gasteiger partial charge in [-0.1, -0.05) is 6.07 Å². The van der Waals surface area contributed by atoms with Crippen molar-refractivity contribution in [2.45, 2.75) is 20.4 Å². The van der Waals surface area contributed by atoms with Crippen molar-refractivity contribution in [3.8, 4) is 0 Å². The van der Waals surface area contributed by atoms with Crippen molar-refractivity contribution in [3.63, 3.8) is 0 Å². The molecule has 0 saturated carbocycles. The van der Waals surface area contributed by atoms with Gasteiger partial charge in [0.15, 0.2) is 0 Å². The summed E-state index contributed by atoms with van der Waals surface area (Å²) in [7, 11) is 0. The molecule has 5 heteroatoms. The summed E-state index contributed by atoms with van der Waals surface area (Å²) in [6.07, 6.45) is 0.